The van der Waals surface area contributed by atoms with Crippen molar-refractivity contribution in [1.29, 1.82) is 0 Å². The van der Waals surface area contributed by atoms with Crippen LogP contribution >= 0.6 is 0 Å². The highest BCUT2D eigenvalue weighted by Crippen LogP contribution is 2.13. The van der Waals surface area contributed by atoms with Gasteiger partial charge >= 0.3 is 0 Å². The van der Waals surface area contributed by atoms with Crippen LogP contribution in [0.5, 0.6) is 0 Å². The lowest BCUT2D eigenvalue weighted by Gasteiger charge is -1.94. The van der Waals surface area contributed by atoms with Crippen LogP contribution < -0.4 is 0 Å². The Labute approximate surface area is 106 Å². The number of aryl methyl sites for hydroxylation is 1. The van der Waals surface area contributed by atoms with Crippen molar-refractivity contribution >= 4 is 11.0 Å². The van der Waals surface area contributed by atoms with E-state index in [-0.39, 0.29) is 0 Å². The third-order valence-corrected chi connectivity index (χ3v) is 2.88. The lowest BCUT2D eigenvalue weighted by Crippen LogP contribution is -1.91. The van der Waals surface area contributed by atoms with Crippen molar-refractivity contribution in [2.45, 2.75) is 0 Å². The van der Waals surface area contributed by atoms with Crippen LogP contribution in [0.2, 0.25) is 0 Å². The fourth-order valence-electron chi connectivity index (χ4n) is 1.91. The Morgan fingerprint density at radius 1 is 0.889 bits per heavy atom. The van der Waals surface area contributed by atoms with Crippen LogP contribution in [-0.4, -0.2) is 9.55 Å². The Morgan fingerprint density at radius 2 is 1.61 bits per heavy atom. The first-order valence-corrected chi connectivity index (χ1v) is 5.83. The van der Waals surface area contributed by atoms with E-state index >= 15 is 0 Å². The smallest absolute Gasteiger partial charge is 0.186 e. The highest BCUT2D eigenvalue weighted by Gasteiger charge is 2.03. The maximum Gasteiger partial charge on any atom is 0.186 e. The maximum atomic E-state index is 4.52. The largest absolute Gasteiger partial charge is 0.320 e. The Balaban J connectivity index is 2.06. The molecule has 2 nitrogen and oxygen atoms in total. The van der Waals surface area contributed by atoms with Gasteiger partial charge in [0.1, 0.15) is 0 Å². The number of hydrogen-bond donors (Lipinski definition) is 0. The van der Waals surface area contributed by atoms with E-state index in [1.165, 1.54) is 0 Å². The molecule has 1 aromatic heterocycles. The number of fused-ring (bicyclic) bond motifs is 1. The second-order valence-corrected chi connectivity index (χ2v) is 4.10. The predicted molar refractivity (Wildman–Crippen MR) is 73.1 cm³/mol. The van der Waals surface area contributed by atoms with Gasteiger partial charge in [-0.05, 0) is 30.2 Å². The number of hydrogen-bond acceptors (Lipinski definition) is 1. The molecule has 0 atom stereocenters. The van der Waals surface area contributed by atoms with Crippen LogP contribution in [0.4, 0.5) is 0 Å². The standard InChI is InChI=1S/C16H12N2/c1-18-15-10-6-5-9-14(15)17-16(18)12-11-13-7-3-2-4-8-13/h2-10H,1H3. The first kappa shape index (κ1) is 10.6. The molecule has 1 heterocycles. The minimum atomic E-state index is 0.792. The molecule has 0 unspecified atom stereocenters. The molecule has 2 heteroatoms. The lowest BCUT2D eigenvalue weighted by molar-refractivity contribution is 0.925. The van der Waals surface area contributed by atoms with Crippen molar-refractivity contribution in [1.82, 2.24) is 9.55 Å². The van der Waals surface area contributed by atoms with Gasteiger partial charge in [0, 0.05) is 12.6 Å². The van der Waals surface area contributed by atoms with Gasteiger partial charge in [-0.2, -0.15) is 0 Å². The van der Waals surface area contributed by atoms with Crippen molar-refractivity contribution in [3.63, 3.8) is 0 Å². The van der Waals surface area contributed by atoms with E-state index in [4.69, 9.17) is 0 Å². The number of rotatable bonds is 0. The van der Waals surface area contributed by atoms with E-state index in [0.717, 1.165) is 22.4 Å². The Kier molecular flexibility index (Phi) is 2.59. The normalized spacial score (nSPS) is 10.1. The van der Waals surface area contributed by atoms with Crippen molar-refractivity contribution in [3.05, 3.63) is 66.0 Å². The highest BCUT2D eigenvalue weighted by molar-refractivity contribution is 5.76. The van der Waals surface area contributed by atoms with Crippen LogP contribution in [0, 0.1) is 11.8 Å². The molecule has 0 aliphatic heterocycles. The SMILES string of the molecule is Cn1c(C#Cc2ccccc2)nc2ccccc21. The molecule has 0 aliphatic carbocycles. The Bertz CT molecular complexity index is 743. The lowest BCUT2D eigenvalue weighted by atomic mass is 10.2. The summed E-state index contributed by atoms with van der Waals surface area (Å²) >= 11 is 0. The second kappa shape index (κ2) is 4.38. The molecule has 0 saturated carbocycles. The maximum absolute atomic E-state index is 4.52. The zero-order chi connectivity index (χ0) is 12.4. The van der Waals surface area contributed by atoms with Crippen molar-refractivity contribution in [2.24, 2.45) is 7.05 Å². The van der Waals surface area contributed by atoms with Crippen molar-refractivity contribution in [2.75, 3.05) is 0 Å². The van der Waals surface area contributed by atoms with E-state index in [0.29, 0.717) is 0 Å². The third-order valence-electron chi connectivity index (χ3n) is 2.88. The monoisotopic (exact) mass is 232 g/mol. The zero-order valence-corrected chi connectivity index (χ0v) is 10.1. The molecule has 0 N–H and O–H groups in total. The van der Waals surface area contributed by atoms with E-state index in [1.807, 2.05) is 60.1 Å². The number of imidazole rings is 1. The first-order valence-electron chi connectivity index (χ1n) is 5.83. The Morgan fingerprint density at radius 3 is 2.39 bits per heavy atom. The van der Waals surface area contributed by atoms with Crippen LogP contribution in [-0.2, 0) is 7.05 Å². The minimum Gasteiger partial charge on any atom is -0.320 e. The summed E-state index contributed by atoms with van der Waals surface area (Å²) in [5, 5.41) is 0. The molecular formula is C16H12N2. The summed E-state index contributed by atoms with van der Waals surface area (Å²) < 4.78 is 2.02. The molecular weight excluding hydrogens is 220 g/mol. The summed E-state index contributed by atoms with van der Waals surface area (Å²) in [6.07, 6.45) is 0. The van der Waals surface area contributed by atoms with Gasteiger partial charge in [0.2, 0.25) is 0 Å². The van der Waals surface area contributed by atoms with Gasteiger partial charge in [0.25, 0.3) is 0 Å². The molecule has 0 fully saturated rings. The summed E-state index contributed by atoms with van der Waals surface area (Å²) in [6, 6.07) is 18.0. The van der Waals surface area contributed by atoms with Crippen LogP contribution in [0.1, 0.15) is 11.4 Å². The van der Waals surface area contributed by atoms with Gasteiger partial charge in [0.05, 0.1) is 11.0 Å². The fraction of sp³-hybridized carbons (Fsp3) is 0.0625. The molecule has 0 saturated heterocycles. The van der Waals surface area contributed by atoms with Crippen LogP contribution in [0.15, 0.2) is 54.6 Å². The van der Waals surface area contributed by atoms with Gasteiger partial charge in [-0.1, -0.05) is 36.3 Å². The molecule has 2 aromatic carbocycles. The highest BCUT2D eigenvalue weighted by atomic mass is 15.0. The molecule has 86 valence electrons. The topological polar surface area (TPSA) is 17.8 Å². The zero-order valence-electron chi connectivity index (χ0n) is 10.1. The predicted octanol–water partition coefficient (Wildman–Crippen LogP) is 2.97. The van der Waals surface area contributed by atoms with Crippen molar-refractivity contribution < 1.29 is 0 Å². The molecule has 18 heavy (non-hydrogen) atoms. The van der Waals surface area contributed by atoms with Gasteiger partial charge in [-0.3, -0.25) is 0 Å². The van der Waals surface area contributed by atoms with Gasteiger partial charge < -0.3 is 4.57 Å². The minimum absolute atomic E-state index is 0.792. The number of para-hydroxylation sites is 2. The summed E-state index contributed by atoms with van der Waals surface area (Å²) in [5.41, 5.74) is 3.09. The van der Waals surface area contributed by atoms with Crippen LogP contribution in [0.25, 0.3) is 11.0 Å². The average molecular weight is 232 g/mol. The molecule has 0 amide bonds. The van der Waals surface area contributed by atoms with Crippen LogP contribution in [0.3, 0.4) is 0 Å². The number of benzene rings is 2. The van der Waals surface area contributed by atoms with Crippen molar-refractivity contribution in [3.8, 4) is 11.8 Å². The van der Waals surface area contributed by atoms with Gasteiger partial charge in [-0.15, -0.1) is 0 Å². The average Bonchev–Trinajstić information content (AvgIpc) is 2.75. The van der Waals surface area contributed by atoms with E-state index in [1.54, 1.807) is 0 Å². The Hall–Kier alpha value is -2.53. The summed E-state index contributed by atoms with van der Waals surface area (Å²) in [6.45, 7) is 0. The van der Waals surface area contributed by atoms with E-state index in [2.05, 4.69) is 22.9 Å². The molecule has 0 radical (unpaired) electrons. The fourth-order valence-corrected chi connectivity index (χ4v) is 1.91. The molecule has 0 bridgehead atoms. The molecule has 3 rings (SSSR count). The molecule has 3 aromatic rings. The number of aromatic nitrogens is 2. The summed E-state index contributed by atoms with van der Waals surface area (Å²) in [4.78, 5) is 4.52. The molecule has 0 aliphatic rings. The summed E-state index contributed by atoms with van der Waals surface area (Å²) in [5.74, 6) is 7.04. The first-order chi connectivity index (χ1) is 8.84. The second-order valence-electron chi connectivity index (χ2n) is 4.10. The number of nitrogens with zero attached hydrogens (tertiary/aromatic N) is 2. The van der Waals surface area contributed by atoms with Gasteiger partial charge in [0.15, 0.2) is 5.82 Å². The van der Waals surface area contributed by atoms with E-state index < -0.39 is 0 Å². The quantitative estimate of drug-likeness (QED) is 0.545. The van der Waals surface area contributed by atoms with Gasteiger partial charge in [-0.25, -0.2) is 4.98 Å². The molecule has 0 spiro atoms. The van der Waals surface area contributed by atoms with E-state index in [9.17, 15) is 0 Å². The summed E-state index contributed by atoms with van der Waals surface area (Å²) in [7, 11) is 1.99. The third kappa shape index (κ3) is 1.87.